The van der Waals surface area contributed by atoms with Gasteiger partial charge in [0.05, 0.1) is 23.5 Å². The van der Waals surface area contributed by atoms with Crippen LogP contribution in [0.15, 0.2) is 12.3 Å². The molecule has 0 aliphatic heterocycles. The monoisotopic (exact) mass is 342 g/mol. The molecule has 2 N–H and O–H groups in total. The van der Waals surface area contributed by atoms with Crippen LogP contribution in [-0.4, -0.2) is 42.6 Å². The normalized spacial score (nSPS) is 13.7. The highest BCUT2D eigenvalue weighted by Gasteiger charge is 2.46. The molecule has 11 heteroatoms. The van der Waals surface area contributed by atoms with Gasteiger partial charge in [-0.25, -0.2) is 17.9 Å². The number of aromatic carboxylic acids is 1. The van der Waals surface area contributed by atoms with Gasteiger partial charge < -0.3 is 9.84 Å². The van der Waals surface area contributed by atoms with Crippen LogP contribution in [0, 0.1) is 6.92 Å². The van der Waals surface area contributed by atoms with Crippen molar-refractivity contribution in [2.45, 2.75) is 25.4 Å². The highest BCUT2D eigenvalue weighted by molar-refractivity contribution is 7.90. The Bertz CT molecular complexity index is 660. The van der Waals surface area contributed by atoms with E-state index in [0.29, 0.717) is 0 Å². The number of sulfonamides is 1. The first-order valence-corrected chi connectivity index (χ1v) is 7.33. The summed E-state index contributed by atoms with van der Waals surface area (Å²) in [5.41, 5.74) is -5.30. The Balaban J connectivity index is 2.71. The minimum atomic E-state index is -5.47. The summed E-state index contributed by atoms with van der Waals surface area (Å²) in [5.74, 6) is -1.23. The Morgan fingerprint density at radius 3 is 2.59 bits per heavy atom. The number of hydrogen-bond donors (Lipinski definition) is 2. The van der Waals surface area contributed by atoms with Gasteiger partial charge in [-0.1, -0.05) is 0 Å². The Morgan fingerprint density at radius 1 is 1.50 bits per heavy atom. The average molecular weight is 342 g/mol. The zero-order valence-corrected chi connectivity index (χ0v) is 12.3. The van der Waals surface area contributed by atoms with Crippen molar-refractivity contribution in [3.8, 4) is 5.75 Å². The van der Waals surface area contributed by atoms with Crippen LogP contribution < -0.4 is 9.46 Å². The molecule has 0 saturated heterocycles. The van der Waals surface area contributed by atoms with Gasteiger partial charge in [0.25, 0.3) is 0 Å². The Hall–Kier alpha value is -1.88. The molecule has 0 radical (unpaired) electrons. The smallest absolute Gasteiger partial charge is 0.490 e. The van der Waals surface area contributed by atoms with Crippen LogP contribution in [0.5, 0.6) is 5.75 Å². The maximum absolute atomic E-state index is 12.2. The number of hydrogen-bond acceptors (Lipinski definition) is 5. The summed E-state index contributed by atoms with van der Waals surface area (Å²) in [7, 11) is -5.47. The van der Waals surface area contributed by atoms with Crippen LogP contribution in [0.1, 0.15) is 23.0 Å². The molecule has 0 unspecified atom stereocenters. The molecular weight excluding hydrogens is 329 g/mol. The molecule has 1 rings (SSSR count). The predicted molar refractivity (Wildman–Crippen MR) is 69.0 cm³/mol. The van der Waals surface area contributed by atoms with Gasteiger partial charge in [-0.15, -0.1) is 0 Å². The van der Waals surface area contributed by atoms with Crippen LogP contribution in [0.3, 0.4) is 0 Å². The molecular formula is C11H13F3N2O5S. The topological polar surface area (TPSA) is 106 Å². The zero-order valence-electron chi connectivity index (χ0n) is 11.5. The summed E-state index contributed by atoms with van der Waals surface area (Å²) in [4.78, 5) is 14.7. The molecule has 0 spiro atoms. The summed E-state index contributed by atoms with van der Waals surface area (Å²) in [6, 6.07) is -0.0310. The number of alkyl halides is 3. The largest absolute Gasteiger partial charge is 0.511 e. The molecule has 1 aromatic heterocycles. The van der Waals surface area contributed by atoms with Crippen LogP contribution >= 0.6 is 0 Å². The van der Waals surface area contributed by atoms with Crippen LogP contribution in [0.2, 0.25) is 0 Å². The van der Waals surface area contributed by atoms with E-state index in [1.165, 1.54) is 24.8 Å². The van der Waals surface area contributed by atoms with Crippen molar-refractivity contribution in [3.05, 3.63) is 23.5 Å². The average Bonchev–Trinajstić information content (AvgIpc) is 2.35. The van der Waals surface area contributed by atoms with E-state index in [1.807, 2.05) is 0 Å². The quantitative estimate of drug-likeness (QED) is 0.807. The molecule has 0 saturated carbocycles. The summed E-state index contributed by atoms with van der Waals surface area (Å²) in [6.45, 7) is 2.20. The molecule has 0 amide bonds. The van der Waals surface area contributed by atoms with E-state index >= 15 is 0 Å². The second-order valence-corrected chi connectivity index (χ2v) is 6.09. The van der Waals surface area contributed by atoms with Gasteiger partial charge in [0.15, 0.2) is 0 Å². The fourth-order valence-electron chi connectivity index (χ4n) is 1.40. The minimum absolute atomic E-state index is 0.000978. The third-order valence-electron chi connectivity index (χ3n) is 2.45. The van der Waals surface area contributed by atoms with Crippen LogP contribution in [0.4, 0.5) is 13.2 Å². The molecule has 0 aliphatic carbocycles. The summed E-state index contributed by atoms with van der Waals surface area (Å²) in [6.07, 6.45) is 1.19. The van der Waals surface area contributed by atoms with Gasteiger partial charge in [0, 0.05) is 0 Å². The molecule has 7 nitrogen and oxygen atoms in total. The lowest BCUT2D eigenvalue weighted by molar-refractivity contribution is -0.0451. The number of nitrogens with one attached hydrogen (secondary N) is 1. The van der Waals surface area contributed by atoms with Crippen molar-refractivity contribution in [2.75, 3.05) is 6.61 Å². The number of pyridine rings is 1. The van der Waals surface area contributed by atoms with Crippen molar-refractivity contribution < 1.29 is 36.2 Å². The standard InChI is InChI=1S/C11H13F3N2O5S/c1-6(16-22(19,20)11(12,13)14)5-21-8-3-9(10(17)18)7(2)15-4-8/h3-4,6,16H,5H2,1-2H3,(H,17,18)/t6-/m0/s1. The number of halogens is 3. The lowest BCUT2D eigenvalue weighted by Gasteiger charge is -2.16. The van der Waals surface area contributed by atoms with E-state index in [4.69, 9.17) is 9.84 Å². The van der Waals surface area contributed by atoms with E-state index in [0.717, 1.165) is 6.07 Å². The Labute approximate surface area is 124 Å². The van der Waals surface area contributed by atoms with E-state index in [9.17, 15) is 26.4 Å². The first-order valence-electron chi connectivity index (χ1n) is 5.85. The molecule has 1 heterocycles. The van der Waals surface area contributed by atoms with Crippen molar-refractivity contribution in [3.63, 3.8) is 0 Å². The highest BCUT2D eigenvalue weighted by Crippen LogP contribution is 2.22. The number of aromatic nitrogens is 1. The van der Waals surface area contributed by atoms with Crippen molar-refractivity contribution in [1.82, 2.24) is 9.71 Å². The maximum Gasteiger partial charge on any atom is 0.511 e. The van der Waals surface area contributed by atoms with Crippen LogP contribution in [-0.2, 0) is 10.0 Å². The van der Waals surface area contributed by atoms with Crippen LogP contribution in [0.25, 0.3) is 0 Å². The fraction of sp³-hybridized carbons (Fsp3) is 0.455. The van der Waals surface area contributed by atoms with Gasteiger partial charge >= 0.3 is 21.5 Å². The second-order valence-electron chi connectivity index (χ2n) is 4.39. The second kappa shape index (κ2) is 6.48. The lowest BCUT2D eigenvalue weighted by Crippen LogP contribution is -2.43. The number of carbonyl (C=O) groups is 1. The molecule has 0 aromatic carbocycles. The Kier molecular flexibility index (Phi) is 5.35. The molecule has 1 atom stereocenters. The molecule has 0 aliphatic rings. The van der Waals surface area contributed by atoms with Gasteiger partial charge in [0.2, 0.25) is 0 Å². The molecule has 22 heavy (non-hydrogen) atoms. The van der Waals surface area contributed by atoms with Gasteiger partial charge in [-0.3, -0.25) is 4.98 Å². The van der Waals surface area contributed by atoms with Crippen molar-refractivity contribution >= 4 is 16.0 Å². The highest BCUT2D eigenvalue weighted by atomic mass is 32.2. The lowest BCUT2D eigenvalue weighted by atomic mass is 10.2. The summed E-state index contributed by atoms with van der Waals surface area (Å²) >= 11 is 0. The molecule has 0 fully saturated rings. The predicted octanol–water partition coefficient (Wildman–Crippen LogP) is 1.29. The number of nitrogens with zero attached hydrogens (tertiary/aromatic N) is 1. The number of aryl methyl sites for hydroxylation is 1. The SMILES string of the molecule is Cc1ncc(OC[C@H](C)NS(=O)(=O)C(F)(F)F)cc1C(=O)O. The number of carboxylic acid groups (broad SMARTS) is 1. The molecule has 0 bridgehead atoms. The van der Waals surface area contributed by atoms with E-state index in [1.54, 1.807) is 0 Å². The van der Waals surface area contributed by atoms with E-state index < -0.39 is 34.1 Å². The third kappa shape index (κ3) is 4.56. The first kappa shape index (κ1) is 18.2. The first-order chi connectivity index (χ1) is 9.94. The number of rotatable bonds is 6. The van der Waals surface area contributed by atoms with Gasteiger partial charge in [-0.2, -0.15) is 13.2 Å². The number of ether oxygens (including phenoxy) is 1. The van der Waals surface area contributed by atoms with Crippen molar-refractivity contribution in [1.29, 1.82) is 0 Å². The molecule has 1 aromatic rings. The number of carboxylic acids is 1. The van der Waals surface area contributed by atoms with Gasteiger partial charge in [-0.05, 0) is 19.9 Å². The fourth-order valence-corrected chi connectivity index (χ4v) is 2.13. The Morgan fingerprint density at radius 2 is 2.09 bits per heavy atom. The summed E-state index contributed by atoms with van der Waals surface area (Å²) in [5, 5.41) is 8.90. The maximum atomic E-state index is 12.2. The van der Waals surface area contributed by atoms with Crippen molar-refractivity contribution in [2.24, 2.45) is 0 Å². The minimum Gasteiger partial charge on any atom is -0.490 e. The molecule has 124 valence electrons. The van der Waals surface area contributed by atoms with Gasteiger partial charge in [0.1, 0.15) is 12.4 Å². The van der Waals surface area contributed by atoms with E-state index in [2.05, 4.69) is 4.98 Å². The van der Waals surface area contributed by atoms with E-state index in [-0.39, 0.29) is 17.0 Å². The summed E-state index contributed by atoms with van der Waals surface area (Å²) < 4.78 is 64.7. The third-order valence-corrected chi connectivity index (χ3v) is 3.78. The zero-order chi connectivity index (χ0) is 17.1.